The molecule has 3 aromatic heterocycles. The molecule has 0 aliphatic carbocycles. The van der Waals surface area contributed by atoms with Crippen LogP contribution in [0.5, 0.6) is 0 Å². The number of benzene rings is 8. The maximum Gasteiger partial charge on any atom is 0.211 e. The molecular weight excluding hydrogens is 697 g/mol. The highest BCUT2D eigenvalue weighted by Gasteiger charge is 2.22. The van der Waals surface area contributed by atoms with E-state index in [2.05, 4.69) is 125 Å². The zero-order valence-corrected chi connectivity index (χ0v) is 30.3. The standard InChI is InChI=1S/C51H28N6/c1-52-33-24-27-46-39(30-33)38-16-7-11-20-45(38)57(46)50-22-12-21-49-51(50)40-31-34(53-2)25-28-47(40)56(49)42-17-8-4-13-35(42)32-23-26-48(41(29-32)54-3)55-43-18-9-5-14-36(43)37-15-6-10-19-44(37)55/h4-31H. The first-order valence-electron chi connectivity index (χ1n) is 18.6. The van der Waals surface area contributed by atoms with Gasteiger partial charge in [0.25, 0.3) is 0 Å². The number of para-hydroxylation sites is 4. The van der Waals surface area contributed by atoms with Crippen molar-refractivity contribution in [3.05, 3.63) is 204 Å². The van der Waals surface area contributed by atoms with Crippen LogP contribution in [0.2, 0.25) is 0 Å². The fourth-order valence-corrected chi connectivity index (χ4v) is 8.91. The van der Waals surface area contributed by atoms with Gasteiger partial charge in [0.05, 0.1) is 69.9 Å². The summed E-state index contributed by atoms with van der Waals surface area (Å²) in [6.45, 7) is 24.1. The maximum absolute atomic E-state index is 8.40. The van der Waals surface area contributed by atoms with Crippen LogP contribution in [0.1, 0.15) is 0 Å². The number of hydrogen-bond donors (Lipinski definition) is 0. The lowest BCUT2D eigenvalue weighted by Gasteiger charge is -2.16. The molecule has 8 aromatic carbocycles. The van der Waals surface area contributed by atoms with Gasteiger partial charge in [0, 0.05) is 27.1 Å². The van der Waals surface area contributed by atoms with E-state index < -0.39 is 0 Å². The van der Waals surface area contributed by atoms with Crippen LogP contribution in [0.15, 0.2) is 170 Å². The van der Waals surface area contributed by atoms with Crippen molar-refractivity contribution in [2.45, 2.75) is 0 Å². The topological polar surface area (TPSA) is 27.9 Å². The zero-order chi connectivity index (χ0) is 38.2. The normalized spacial score (nSPS) is 11.5. The first kappa shape index (κ1) is 32.1. The van der Waals surface area contributed by atoms with Gasteiger partial charge in [-0.25, -0.2) is 14.5 Å². The molecule has 11 aromatic rings. The van der Waals surface area contributed by atoms with Crippen LogP contribution < -0.4 is 0 Å². The Kier molecular flexibility index (Phi) is 6.95. The second kappa shape index (κ2) is 12.3. The first-order valence-corrected chi connectivity index (χ1v) is 18.6. The quantitative estimate of drug-likeness (QED) is 0.162. The maximum atomic E-state index is 8.40. The molecule has 11 rings (SSSR count). The Morgan fingerprint density at radius 1 is 0.333 bits per heavy atom. The van der Waals surface area contributed by atoms with Crippen LogP contribution in [0, 0.1) is 19.7 Å². The van der Waals surface area contributed by atoms with Gasteiger partial charge in [0.2, 0.25) is 5.69 Å². The number of fused-ring (bicyclic) bond motifs is 9. The van der Waals surface area contributed by atoms with Crippen LogP contribution in [-0.4, -0.2) is 13.7 Å². The molecule has 0 spiro atoms. The molecule has 0 unspecified atom stereocenters. The van der Waals surface area contributed by atoms with Gasteiger partial charge >= 0.3 is 0 Å². The molecule has 0 amide bonds. The number of hydrogen-bond acceptors (Lipinski definition) is 0. The molecule has 262 valence electrons. The van der Waals surface area contributed by atoms with E-state index >= 15 is 0 Å². The summed E-state index contributed by atoms with van der Waals surface area (Å²) >= 11 is 0. The molecule has 0 aliphatic rings. The molecule has 57 heavy (non-hydrogen) atoms. The van der Waals surface area contributed by atoms with Crippen LogP contribution >= 0.6 is 0 Å². The van der Waals surface area contributed by atoms with Gasteiger partial charge in [-0.3, -0.25) is 0 Å². The zero-order valence-electron chi connectivity index (χ0n) is 30.3. The fraction of sp³-hybridized carbons (Fsp3) is 0. The van der Waals surface area contributed by atoms with E-state index in [1.165, 1.54) is 0 Å². The van der Waals surface area contributed by atoms with Gasteiger partial charge < -0.3 is 13.7 Å². The first-order chi connectivity index (χ1) is 28.2. The summed E-state index contributed by atoms with van der Waals surface area (Å²) in [7, 11) is 0. The van der Waals surface area contributed by atoms with Crippen LogP contribution in [0.3, 0.4) is 0 Å². The second-order valence-electron chi connectivity index (χ2n) is 14.2. The van der Waals surface area contributed by atoms with E-state index in [0.717, 1.165) is 93.6 Å². The highest BCUT2D eigenvalue weighted by Crippen LogP contribution is 2.44. The van der Waals surface area contributed by atoms with Gasteiger partial charge in [0.15, 0.2) is 11.4 Å². The average Bonchev–Trinajstić information content (AvgIpc) is 3.91. The molecule has 0 N–H and O–H groups in total. The summed E-state index contributed by atoms with van der Waals surface area (Å²) in [6, 6.07) is 57.8. The predicted molar refractivity (Wildman–Crippen MR) is 234 cm³/mol. The van der Waals surface area contributed by atoms with Crippen molar-refractivity contribution in [2.24, 2.45) is 0 Å². The van der Waals surface area contributed by atoms with Crippen molar-refractivity contribution in [3.8, 4) is 28.2 Å². The van der Waals surface area contributed by atoms with Gasteiger partial charge in [-0.05, 0) is 89.1 Å². The van der Waals surface area contributed by atoms with Crippen LogP contribution in [0.4, 0.5) is 17.1 Å². The van der Waals surface area contributed by atoms with Crippen molar-refractivity contribution in [1.29, 1.82) is 0 Å². The van der Waals surface area contributed by atoms with E-state index in [9.17, 15) is 0 Å². The number of nitrogens with zero attached hydrogens (tertiary/aromatic N) is 6. The van der Waals surface area contributed by atoms with Crippen molar-refractivity contribution in [2.75, 3.05) is 0 Å². The molecule has 6 nitrogen and oxygen atoms in total. The summed E-state index contributed by atoms with van der Waals surface area (Å²) in [6.07, 6.45) is 0. The molecule has 6 heteroatoms. The molecule has 0 atom stereocenters. The lowest BCUT2D eigenvalue weighted by atomic mass is 10.0. The van der Waals surface area contributed by atoms with E-state index in [0.29, 0.717) is 17.1 Å². The molecule has 0 saturated heterocycles. The molecule has 3 heterocycles. The Morgan fingerprint density at radius 2 is 0.825 bits per heavy atom. The SMILES string of the molecule is [C-]#[N+]c1ccc2c(c1)c1ccccc1n2-c1cccc2c1c1cc([N+]#[C-])ccc1n2-c1ccccc1-c1ccc(-n2c3ccccc3c3ccccc32)c([N+]#[C-])c1. The van der Waals surface area contributed by atoms with Crippen molar-refractivity contribution >= 4 is 82.5 Å². The third-order valence-corrected chi connectivity index (χ3v) is 11.3. The molecule has 0 aliphatic heterocycles. The van der Waals surface area contributed by atoms with Crippen LogP contribution in [-0.2, 0) is 0 Å². The molecular formula is C51H28N6. The molecule has 0 saturated carbocycles. The summed E-state index contributed by atoms with van der Waals surface area (Å²) in [5.41, 5.74) is 12.6. The Hall–Kier alpha value is -8.37. The van der Waals surface area contributed by atoms with E-state index in [-0.39, 0.29) is 0 Å². The summed E-state index contributed by atoms with van der Waals surface area (Å²) in [4.78, 5) is 11.7. The second-order valence-corrected chi connectivity index (χ2v) is 14.2. The van der Waals surface area contributed by atoms with Gasteiger partial charge in [-0.2, -0.15) is 0 Å². The Morgan fingerprint density at radius 3 is 1.47 bits per heavy atom. The third-order valence-electron chi connectivity index (χ3n) is 11.3. The third kappa shape index (κ3) is 4.61. The van der Waals surface area contributed by atoms with Crippen LogP contribution in [0.25, 0.3) is 108 Å². The van der Waals surface area contributed by atoms with Crippen molar-refractivity contribution in [1.82, 2.24) is 13.7 Å². The minimum atomic E-state index is 0.563. The molecule has 0 radical (unpaired) electrons. The van der Waals surface area contributed by atoms with Crippen molar-refractivity contribution in [3.63, 3.8) is 0 Å². The lowest BCUT2D eigenvalue weighted by Crippen LogP contribution is -1.99. The predicted octanol–water partition coefficient (Wildman–Crippen LogP) is 14.3. The van der Waals surface area contributed by atoms with Gasteiger partial charge in [-0.15, -0.1) is 0 Å². The monoisotopic (exact) mass is 724 g/mol. The smallest absolute Gasteiger partial charge is 0.211 e. The summed E-state index contributed by atoms with van der Waals surface area (Å²) in [5.74, 6) is 0. The minimum absolute atomic E-state index is 0.563. The fourth-order valence-electron chi connectivity index (χ4n) is 8.91. The number of aromatic nitrogens is 3. The summed E-state index contributed by atoms with van der Waals surface area (Å²) in [5, 5.41) is 6.39. The largest absolute Gasteiger partial charge is 0.319 e. The van der Waals surface area contributed by atoms with E-state index in [4.69, 9.17) is 19.7 Å². The highest BCUT2D eigenvalue weighted by molar-refractivity contribution is 6.17. The molecule has 0 fully saturated rings. The van der Waals surface area contributed by atoms with Crippen molar-refractivity contribution < 1.29 is 0 Å². The number of rotatable bonds is 4. The minimum Gasteiger partial charge on any atom is -0.319 e. The molecule has 0 bridgehead atoms. The van der Waals surface area contributed by atoms with E-state index in [1.807, 2.05) is 72.8 Å². The van der Waals surface area contributed by atoms with Gasteiger partial charge in [0.1, 0.15) is 0 Å². The Balaban J connectivity index is 1.17. The highest BCUT2D eigenvalue weighted by atomic mass is 15.0. The lowest BCUT2D eigenvalue weighted by molar-refractivity contribution is 1.17. The Labute approximate surface area is 327 Å². The average molecular weight is 725 g/mol. The van der Waals surface area contributed by atoms with E-state index in [1.54, 1.807) is 0 Å². The summed E-state index contributed by atoms with van der Waals surface area (Å²) < 4.78 is 6.78. The van der Waals surface area contributed by atoms with Gasteiger partial charge in [-0.1, -0.05) is 97.1 Å². The Bertz CT molecular complexity index is 3580.